The predicted octanol–water partition coefficient (Wildman–Crippen LogP) is 7.05. The van der Waals surface area contributed by atoms with E-state index in [9.17, 15) is 0 Å². The zero-order chi connectivity index (χ0) is 19.0. The van der Waals surface area contributed by atoms with E-state index >= 15 is 0 Å². The number of hydrogen-bond acceptors (Lipinski definition) is 1. The van der Waals surface area contributed by atoms with Crippen LogP contribution in [0.4, 0.5) is 5.69 Å². The van der Waals surface area contributed by atoms with E-state index in [-0.39, 0.29) is 5.41 Å². The van der Waals surface area contributed by atoms with Crippen molar-refractivity contribution >= 4 is 16.5 Å². The molecular weight excluding hydrogens is 326 g/mol. The minimum Gasteiger partial charge on any atom is -0.398 e. The average Bonchev–Trinajstić information content (AvgIpc) is 2.67. The summed E-state index contributed by atoms with van der Waals surface area (Å²) in [6.07, 6.45) is 0. The highest BCUT2D eigenvalue weighted by molar-refractivity contribution is 5.88. The molecule has 0 radical (unpaired) electrons. The van der Waals surface area contributed by atoms with Crippen molar-refractivity contribution in [2.24, 2.45) is 0 Å². The van der Waals surface area contributed by atoms with Gasteiger partial charge in [-0.1, -0.05) is 81.4 Å². The molecule has 134 valence electrons. The zero-order valence-electron chi connectivity index (χ0n) is 16.2. The van der Waals surface area contributed by atoms with Gasteiger partial charge in [0.1, 0.15) is 0 Å². The van der Waals surface area contributed by atoms with Crippen molar-refractivity contribution in [3.63, 3.8) is 0 Å². The second-order valence-electron chi connectivity index (χ2n) is 8.19. The second kappa shape index (κ2) is 6.59. The van der Waals surface area contributed by atoms with Crippen LogP contribution in [0.25, 0.3) is 33.0 Å². The van der Waals surface area contributed by atoms with Crippen LogP contribution in [0.15, 0.2) is 84.9 Å². The molecule has 0 saturated heterocycles. The molecule has 2 N–H and O–H groups in total. The molecule has 0 atom stereocenters. The van der Waals surface area contributed by atoms with Gasteiger partial charge in [0.25, 0.3) is 0 Å². The van der Waals surface area contributed by atoms with Crippen molar-refractivity contribution in [3.05, 3.63) is 90.5 Å². The average molecular weight is 351 g/mol. The Morgan fingerprint density at radius 3 is 1.85 bits per heavy atom. The highest BCUT2D eigenvalue weighted by Crippen LogP contribution is 2.34. The second-order valence-corrected chi connectivity index (χ2v) is 8.19. The number of fused-ring (bicyclic) bond motifs is 1. The maximum absolute atomic E-state index is 6.23. The van der Waals surface area contributed by atoms with Crippen molar-refractivity contribution in [2.45, 2.75) is 26.2 Å². The molecule has 4 rings (SSSR count). The van der Waals surface area contributed by atoms with Crippen LogP contribution in [-0.4, -0.2) is 0 Å². The first kappa shape index (κ1) is 17.4. The number of anilines is 1. The van der Waals surface area contributed by atoms with Gasteiger partial charge in [0.2, 0.25) is 0 Å². The Morgan fingerprint density at radius 1 is 0.556 bits per heavy atom. The molecule has 0 amide bonds. The Morgan fingerprint density at radius 2 is 1.15 bits per heavy atom. The molecule has 1 nitrogen and oxygen atoms in total. The van der Waals surface area contributed by atoms with E-state index in [1.807, 2.05) is 6.07 Å². The fourth-order valence-corrected chi connectivity index (χ4v) is 3.63. The van der Waals surface area contributed by atoms with Gasteiger partial charge >= 0.3 is 0 Å². The fraction of sp³-hybridized carbons (Fsp3) is 0.154. The molecule has 4 aromatic rings. The van der Waals surface area contributed by atoms with Gasteiger partial charge in [0.05, 0.1) is 0 Å². The Kier molecular flexibility index (Phi) is 4.24. The van der Waals surface area contributed by atoms with Crippen LogP contribution in [0.1, 0.15) is 26.3 Å². The van der Waals surface area contributed by atoms with Crippen LogP contribution < -0.4 is 5.73 Å². The summed E-state index contributed by atoms with van der Waals surface area (Å²) in [5.41, 5.74) is 13.2. The molecule has 0 unspecified atom stereocenters. The summed E-state index contributed by atoms with van der Waals surface area (Å²) >= 11 is 0. The Bertz CT molecular complexity index is 1120. The van der Waals surface area contributed by atoms with E-state index < -0.39 is 0 Å². The molecule has 0 aliphatic rings. The summed E-state index contributed by atoms with van der Waals surface area (Å²) < 4.78 is 0. The number of nitrogens with two attached hydrogens (primary N) is 1. The molecule has 0 saturated carbocycles. The highest BCUT2D eigenvalue weighted by Gasteiger charge is 2.17. The van der Waals surface area contributed by atoms with E-state index in [0.29, 0.717) is 0 Å². The van der Waals surface area contributed by atoms with Gasteiger partial charge in [-0.15, -0.1) is 0 Å². The van der Waals surface area contributed by atoms with Crippen LogP contribution in [-0.2, 0) is 5.41 Å². The molecule has 0 heterocycles. The van der Waals surface area contributed by atoms with Crippen molar-refractivity contribution in [1.29, 1.82) is 0 Å². The van der Waals surface area contributed by atoms with Gasteiger partial charge in [0.15, 0.2) is 0 Å². The van der Waals surface area contributed by atoms with Gasteiger partial charge in [-0.25, -0.2) is 0 Å². The minimum absolute atomic E-state index is 0.0239. The Hall–Kier alpha value is -3.06. The number of rotatable bonds is 2. The summed E-state index contributed by atoms with van der Waals surface area (Å²) in [4.78, 5) is 0. The molecule has 4 aromatic carbocycles. The molecular formula is C26H25N. The maximum atomic E-state index is 6.23. The van der Waals surface area contributed by atoms with E-state index in [1.165, 1.54) is 38.6 Å². The summed E-state index contributed by atoms with van der Waals surface area (Å²) in [5.74, 6) is 0. The summed E-state index contributed by atoms with van der Waals surface area (Å²) in [5, 5.41) is 2.54. The molecule has 0 aromatic heterocycles. The van der Waals surface area contributed by atoms with Crippen molar-refractivity contribution < 1.29 is 0 Å². The largest absolute Gasteiger partial charge is 0.398 e. The third-order valence-corrected chi connectivity index (χ3v) is 5.14. The van der Waals surface area contributed by atoms with E-state index in [2.05, 4.69) is 99.6 Å². The van der Waals surface area contributed by atoms with Gasteiger partial charge in [-0.3, -0.25) is 0 Å². The monoisotopic (exact) mass is 351 g/mol. The highest BCUT2D eigenvalue weighted by atomic mass is 14.6. The lowest BCUT2D eigenvalue weighted by Crippen LogP contribution is -2.13. The summed E-state index contributed by atoms with van der Waals surface area (Å²) in [7, 11) is 0. The number of nitrogen functional groups attached to an aromatic ring is 1. The van der Waals surface area contributed by atoms with E-state index in [4.69, 9.17) is 5.73 Å². The number of hydrogen-bond donors (Lipinski definition) is 1. The van der Waals surface area contributed by atoms with Gasteiger partial charge in [-0.05, 0) is 68.3 Å². The minimum atomic E-state index is 0.0239. The zero-order valence-corrected chi connectivity index (χ0v) is 16.2. The molecule has 0 aliphatic heterocycles. The van der Waals surface area contributed by atoms with E-state index in [0.717, 1.165) is 5.69 Å². The van der Waals surface area contributed by atoms with Gasteiger partial charge < -0.3 is 5.73 Å². The molecule has 0 aliphatic carbocycles. The van der Waals surface area contributed by atoms with Gasteiger partial charge in [0, 0.05) is 5.69 Å². The third-order valence-electron chi connectivity index (χ3n) is 5.14. The Labute approximate surface area is 161 Å². The quantitative estimate of drug-likeness (QED) is 0.385. The van der Waals surface area contributed by atoms with E-state index in [1.54, 1.807) is 0 Å². The van der Waals surface area contributed by atoms with Crippen molar-refractivity contribution in [3.8, 4) is 22.3 Å². The molecule has 0 spiro atoms. The molecule has 27 heavy (non-hydrogen) atoms. The molecule has 1 heteroatoms. The summed E-state index contributed by atoms with van der Waals surface area (Å²) in [6, 6.07) is 30.3. The lowest BCUT2D eigenvalue weighted by atomic mass is 9.84. The predicted molar refractivity (Wildman–Crippen MR) is 118 cm³/mol. The van der Waals surface area contributed by atoms with Crippen LogP contribution in [0.2, 0.25) is 0 Å². The maximum Gasteiger partial charge on any atom is 0.0352 e. The standard InChI is InChI=1S/C26H25N/c1-26(2,3)24-17-23(13-14-25(24)27)21-10-6-9-20(16-21)22-12-11-18-7-4-5-8-19(18)15-22/h4-17H,27H2,1-3H3. The van der Waals surface area contributed by atoms with Crippen molar-refractivity contribution in [1.82, 2.24) is 0 Å². The molecule has 0 bridgehead atoms. The third kappa shape index (κ3) is 3.46. The normalized spacial score (nSPS) is 11.7. The topological polar surface area (TPSA) is 26.0 Å². The molecule has 0 fully saturated rings. The van der Waals surface area contributed by atoms with Crippen LogP contribution >= 0.6 is 0 Å². The SMILES string of the molecule is CC(C)(C)c1cc(-c2cccc(-c3ccc4ccccc4c3)c2)ccc1N. The Balaban J connectivity index is 1.78. The van der Waals surface area contributed by atoms with Gasteiger partial charge in [-0.2, -0.15) is 0 Å². The first-order chi connectivity index (χ1) is 12.9. The van der Waals surface area contributed by atoms with Crippen molar-refractivity contribution in [2.75, 3.05) is 5.73 Å². The number of benzene rings is 4. The fourth-order valence-electron chi connectivity index (χ4n) is 3.63. The van der Waals surface area contributed by atoms with Crippen LogP contribution in [0.5, 0.6) is 0 Å². The smallest absolute Gasteiger partial charge is 0.0352 e. The summed E-state index contributed by atoms with van der Waals surface area (Å²) in [6.45, 7) is 6.61. The van der Waals surface area contributed by atoms with Crippen LogP contribution in [0, 0.1) is 0 Å². The lowest BCUT2D eigenvalue weighted by molar-refractivity contribution is 0.593. The van der Waals surface area contributed by atoms with Crippen LogP contribution in [0.3, 0.4) is 0 Å². The first-order valence-corrected chi connectivity index (χ1v) is 9.41. The first-order valence-electron chi connectivity index (χ1n) is 9.41. The lowest BCUT2D eigenvalue weighted by Gasteiger charge is -2.22.